The standard InChI is InChI=1S/C20H18N2O3S/c1-13-7-9-15(10-8-13)21-20(24)14(2)25-19(23)12-11-18-22-16-5-3-4-6-17(16)26-18/h3-12,14H,1-2H3,(H,21,24)/b12-11+. The highest BCUT2D eigenvalue weighted by molar-refractivity contribution is 7.19. The molecule has 26 heavy (non-hydrogen) atoms. The fraction of sp³-hybridized carbons (Fsp3) is 0.150. The van der Waals surface area contributed by atoms with E-state index in [1.54, 1.807) is 18.2 Å². The molecule has 0 fully saturated rings. The zero-order valence-electron chi connectivity index (χ0n) is 14.4. The van der Waals surface area contributed by atoms with E-state index in [2.05, 4.69) is 10.3 Å². The Morgan fingerprint density at radius 1 is 1.15 bits per heavy atom. The number of thiazole rings is 1. The second-order valence-electron chi connectivity index (χ2n) is 5.79. The number of aryl methyl sites for hydroxylation is 1. The van der Waals surface area contributed by atoms with Gasteiger partial charge in [-0.15, -0.1) is 11.3 Å². The molecule has 0 saturated heterocycles. The number of aromatic nitrogens is 1. The molecule has 0 aliphatic heterocycles. The highest BCUT2D eigenvalue weighted by atomic mass is 32.1. The largest absolute Gasteiger partial charge is 0.449 e. The number of ether oxygens (including phenoxy) is 1. The van der Waals surface area contributed by atoms with Gasteiger partial charge in [0.25, 0.3) is 5.91 Å². The molecule has 0 aliphatic rings. The van der Waals surface area contributed by atoms with Gasteiger partial charge in [-0.3, -0.25) is 4.79 Å². The molecule has 3 aromatic rings. The van der Waals surface area contributed by atoms with Crippen LogP contribution in [0.2, 0.25) is 0 Å². The summed E-state index contributed by atoms with van der Waals surface area (Å²) in [7, 11) is 0. The summed E-state index contributed by atoms with van der Waals surface area (Å²) in [5, 5.41) is 3.42. The molecule has 1 unspecified atom stereocenters. The average Bonchev–Trinajstić information content (AvgIpc) is 3.05. The van der Waals surface area contributed by atoms with E-state index >= 15 is 0 Å². The first-order chi connectivity index (χ1) is 12.5. The van der Waals surface area contributed by atoms with Crippen molar-refractivity contribution in [1.29, 1.82) is 0 Å². The Hall–Kier alpha value is -2.99. The number of benzene rings is 2. The van der Waals surface area contributed by atoms with Gasteiger partial charge < -0.3 is 10.1 Å². The van der Waals surface area contributed by atoms with Gasteiger partial charge in [0.1, 0.15) is 5.01 Å². The van der Waals surface area contributed by atoms with Crippen molar-refractivity contribution in [2.45, 2.75) is 20.0 Å². The molecule has 1 aromatic heterocycles. The molecule has 1 heterocycles. The van der Waals surface area contributed by atoms with Crippen molar-refractivity contribution in [3.05, 3.63) is 65.2 Å². The summed E-state index contributed by atoms with van der Waals surface area (Å²) in [6, 6.07) is 15.1. The van der Waals surface area contributed by atoms with E-state index in [0.29, 0.717) is 10.7 Å². The van der Waals surface area contributed by atoms with E-state index in [1.165, 1.54) is 24.3 Å². The molecule has 0 radical (unpaired) electrons. The molecule has 1 amide bonds. The summed E-state index contributed by atoms with van der Waals surface area (Å²) in [4.78, 5) is 28.4. The highest BCUT2D eigenvalue weighted by Crippen LogP contribution is 2.22. The Bertz CT molecular complexity index is 928. The number of rotatable bonds is 5. The zero-order valence-corrected chi connectivity index (χ0v) is 15.2. The lowest BCUT2D eigenvalue weighted by Crippen LogP contribution is -2.29. The summed E-state index contributed by atoms with van der Waals surface area (Å²) in [5.74, 6) is -0.966. The first-order valence-electron chi connectivity index (χ1n) is 8.13. The first kappa shape index (κ1) is 17.8. The molecule has 0 bridgehead atoms. The molecule has 0 saturated carbocycles. The fourth-order valence-corrected chi connectivity index (χ4v) is 3.12. The van der Waals surface area contributed by atoms with Crippen LogP contribution in [-0.2, 0) is 14.3 Å². The van der Waals surface area contributed by atoms with Gasteiger partial charge in [-0.05, 0) is 44.2 Å². The third kappa shape index (κ3) is 4.55. The molecule has 0 aliphatic carbocycles. The van der Waals surface area contributed by atoms with Gasteiger partial charge in [0.15, 0.2) is 6.10 Å². The molecule has 2 aromatic carbocycles. The van der Waals surface area contributed by atoms with Crippen molar-refractivity contribution in [2.24, 2.45) is 0 Å². The van der Waals surface area contributed by atoms with E-state index in [-0.39, 0.29) is 5.91 Å². The topological polar surface area (TPSA) is 68.3 Å². The van der Waals surface area contributed by atoms with Crippen LogP contribution in [0.25, 0.3) is 16.3 Å². The van der Waals surface area contributed by atoms with Gasteiger partial charge in [-0.1, -0.05) is 29.8 Å². The predicted octanol–water partition coefficient (Wildman–Crippen LogP) is 4.19. The lowest BCUT2D eigenvalue weighted by Gasteiger charge is -2.12. The Kier molecular flexibility index (Phi) is 5.43. The fourth-order valence-electron chi connectivity index (χ4n) is 2.25. The number of fused-ring (bicyclic) bond motifs is 1. The monoisotopic (exact) mass is 366 g/mol. The second-order valence-corrected chi connectivity index (χ2v) is 6.85. The number of hydrogen-bond donors (Lipinski definition) is 1. The molecule has 3 rings (SSSR count). The first-order valence-corrected chi connectivity index (χ1v) is 8.95. The number of nitrogens with one attached hydrogen (secondary N) is 1. The zero-order chi connectivity index (χ0) is 18.5. The molecule has 1 N–H and O–H groups in total. The van der Waals surface area contributed by atoms with Crippen molar-refractivity contribution in [2.75, 3.05) is 5.32 Å². The molecule has 0 spiro atoms. The third-order valence-electron chi connectivity index (χ3n) is 3.65. The molecular formula is C20H18N2O3S. The summed E-state index contributed by atoms with van der Waals surface area (Å²) in [5.41, 5.74) is 2.65. The minimum Gasteiger partial charge on any atom is -0.449 e. The second kappa shape index (κ2) is 7.93. The molecular weight excluding hydrogens is 348 g/mol. The third-order valence-corrected chi connectivity index (χ3v) is 4.66. The Labute approximate surface area is 155 Å². The highest BCUT2D eigenvalue weighted by Gasteiger charge is 2.16. The van der Waals surface area contributed by atoms with Crippen LogP contribution in [0.3, 0.4) is 0 Å². The van der Waals surface area contributed by atoms with Gasteiger partial charge in [0.05, 0.1) is 10.2 Å². The Morgan fingerprint density at radius 2 is 1.88 bits per heavy atom. The van der Waals surface area contributed by atoms with E-state index in [9.17, 15) is 9.59 Å². The van der Waals surface area contributed by atoms with Crippen molar-refractivity contribution in [1.82, 2.24) is 4.98 Å². The maximum atomic E-state index is 12.1. The summed E-state index contributed by atoms with van der Waals surface area (Å²) >= 11 is 1.48. The van der Waals surface area contributed by atoms with Gasteiger partial charge in [-0.2, -0.15) is 0 Å². The van der Waals surface area contributed by atoms with Crippen LogP contribution in [0.5, 0.6) is 0 Å². The normalized spacial score (nSPS) is 12.2. The minimum atomic E-state index is -0.899. The summed E-state index contributed by atoms with van der Waals surface area (Å²) in [6.07, 6.45) is 1.98. The van der Waals surface area contributed by atoms with Crippen LogP contribution < -0.4 is 5.32 Å². The van der Waals surface area contributed by atoms with Gasteiger partial charge in [0.2, 0.25) is 0 Å². The van der Waals surface area contributed by atoms with Crippen molar-refractivity contribution < 1.29 is 14.3 Å². The SMILES string of the molecule is Cc1ccc(NC(=O)C(C)OC(=O)/C=C/c2nc3ccccc3s2)cc1. The lowest BCUT2D eigenvalue weighted by molar-refractivity contribution is -0.148. The number of carbonyl (C=O) groups excluding carboxylic acids is 2. The quantitative estimate of drug-likeness (QED) is 0.543. The van der Waals surface area contributed by atoms with Crippen molar-refractivity contribution >= 4 is 45.2 Å². The van der Waals surface area contributed by atoms with Crippen LogP contribution in [-0.4, -0.2) is 23.0 Å². The van der Waals surface area contributed by atoms with Crippen molar-refractivity contribution in [3.8, 4) is 0 Å². The molecule has 1 atom stereocenters. The van der Waals surface area contributed by atoms with E-state index < -0.39 is 12.1 Å². The number of nitrogens with zero attached hydrogens (tertiary/aromatic N) is 1. The average molecular weight is 366 g/mol. The van der Waals surface area contributed by atoms with Crippen molar-refractivity contribution in [3.63, 3.8) is 0 Å². The van der Waals surface area contributed by atoms with E-state index in [0.717, 1.165) is 15.8 Å². The number of para-hydroxylation sites is 1. The van der Waals surface area contributed by atoms with E-state index in [4.69, 9.17) is 4.74 Å². The number of amides is 1. The Balaban J connectivity index is 1.56. The number of anilines is 1. The van der Waals surface area contributed by atoms with Gasteiger partial charge in [-0.25, -0.2) is 9.78 Å². The van der Waals surface area contributed by atoms with Gasteiger partial charge >= 0.3 is 5.97 Å². The molecule has 132 valence electrons. The van der Waals surface area contributed by atoms with E-state index in [1.807, 2.05) is 43.3 Å². The number of esters is 1. The maximum absolute atomic E-state index is 12.1. The lowest BCUT2D eigenvalue weighted by atomic mass is 10.2. The number of hydrogen-bond acceptors (Lipinski definition) is 5. The smallest absolute Gasteiger partial charge is 0.331 e. The summed E-state index contributed by atoms with van der Waals surface area (Å²) < 4.78 is 6.19. The molecule has 6 heteroatoms. The number of carbonyl (C=O) groups is 2. The van der Waals surface area contributed by atoms with Crippen LogP contribution in [0.4, 0.5) is 5.69 Å². The summed E-state index contributed by atoms with van der Waals surface area (Å²) in [6.45, 7) is 3.50. The van der Waals surface area contributed by atoms with Crippen LogP contribution in [0.15, 0.2) is 54.6 Å². The van der Waals surface area contributed by atoms with Gasteiger partial charge in [0, 0.05) is 11.8 Å². The Morgan fingerprint density at radius 3 is 2.62 bits per heavy atom. The minimum absolute atomic E-state index is 0.379. The predicted molar refractivity (Wildman–Crippen MR) is 104 cm³/mol. The van der Waals surface area contributed by atoms with Crippen LogP contribution in [0, 0.1) is 6.92 Å². The van der Waals surface area contributed by atoms with Crippen LogP contribution >= 0.6 is 11.3 Å². The maximum Gasteiger partial charge on any atom is 0.331 e. The molecule has 5 nitrogen and oxygen atoms in total. The van der Waals surface area contributed by atoms with Crippen LogP contribution in [0.1, 0.15) is 17.5 Å².